The maximum atomic E-state index is 11.4. The van der Waals surface area contributed by atoms with Crippen molar-refractivity contribution in [3.8, 4) is 0 Å². The van der Waals surface area contributed by atoms with Crippen LogP contribution in [0.5, 0.6) is 0 Å². The lowest BCUT2D eigenvalue weighted by Gasteiger charge is -2.12. The van der Waals surface area contributed by atoms with Gasteiger partial charge in [0.1, 0.15) is 5.76 Å². The maximum absolute atomic E-state index is 11.4. The first-order valence-electron chi connectivity index (χ1n) is 5.89. The second kappa shape index (κ2) is 5.45. The molecule has 19 heavy (non-hydrogen) atoms. The molecule has 1 N–H and O–H groups in total. The summed E-state index contributed by atoms with van der Waals surface area (Å²) in [4.78, 5) is 11.4. The number of carboxylic acid groups (broad SMARTS) is 1. The van der Waals surface area contributed by atoms with Crippen molar-refractivity contribution >= 4 is 17.6 Å². The minimum atomic E-state index is -0.873. The number of aromatic nitrogens is 1. The first-order valence-corrected chi connectivity index (χ1v) is 6.27. The number of rotatable bonds is 4. The number of aryl methyl sites for hydroxylation is 2. The summed E-state index contributed by atoms with van der Waals surface area (Å²) in [6, 6.07) is 6.86. The van der Waals surface area contributed by atoms with Crippen molar-refractivity contribution in [3.05, 3.63) is 51.9 Å². The molecule has 0 aliphatic rings. The molecule has 0 radical (unpaired) electrons. The zero-order chi connectivity index (χ0) is 14.0. The average molecular weight is 280 g/mol. The fourth-order valence-corrected chi connectivity index (χ4v) is 2.17. The van der Waals surface area contributed by atoms with Gasteiger partial charge in [-0.3, -0.25) is 4.79 Å². The third kappa shape index (κ3) is 2.96. The molecule has 0 aliphatic carbocycles. The molecule has 1 heterocycles. The van der Waals surface area contributed by atoms with E-state index < -0.39 is 11.9 Å². The van der Waals surface area contributed by atoms with Crippen LogP contribution in [-0.4, -0.2) is 16.2 Å². The van der Waals surface area contributed by atoms with E-state index in [1.807, 2.05) is 6.92 Å². The molecular formula is C14H14ClNO3. The molecule has 4 nitrogen and oxygen atoms in total. The van der Waals surface area contributed by atoms with Crippen LogP contribution < -0.4 is 0 Å². The van der Waals surface area contributed by atoms with Crippen LogP contribution in [0.1, 0.15) is 28.5 Å². The summed E-state index contributed by atoms with van der Waals surface area (Å²) in [6.07, 6.45) is 0.359. The quantitative estimate of drug-likeness (QED) is 0.932. The highest BCUT2D eigenvalue weighted by Crippen LogP contribution is 2.26. The molecule has 2 aromatic rings. The molecule has 0 fully saturated rings. The van der Waals surface area contributed by atoms with E-state index in [9.17, 15) is 9.90 Å². The number of hydrogen-bond acceptors (Lipinski definition) is 3. The Morgan fingerprint density at radius 2 is 2.00 bits per heavy atom. The molecule has 0 spiro atoms. The van der Waals surface area contributed by atoms with Gasteiger partial charge in [-0.15, -0.1) is 0 Å². The van der Waals surface area contributed by atoms with E-state index >= 15 is 0 Å². The minimum Gasteiger partial charge on any atom is -0.481 e. The molecule has 5 heteroatoms. The molecule has 0 aliphatic heterocycles. The second-order valence-corrected chi connectivity index (χ2v) is 4.89. The van der Waals surface area contributed by atoms with E-state index in [1.165, 1.54) is 0 Å². The van der Waals surface area contributed by atoms with E-state index in [0.717, 1.165) is 16.8 Å². The Morgan fingerprint density at radius 1 is 1.37 bits per heavy atom. The van der Waals surface area contributed by atoms with Crippen LogP contribution in [0.2, 0.25) is 5.02 Å². The van der Waals surface area contributed by atoms with E-state index in [2.05, 4.69) is 5.16 Å². The third-order valence-electron chi connectivity index (χ3n) is 3.16. The van der Waals surface area contributed by atoms with Crippen molar-refractivity contribution in [3.63, 3.8) is 0 Å². The van der Waals surface area contributed by atoms with Crippen LogP contribution in [0.25, 0.3) is 0 Å². The van der Waals surface area contributed by atoms with Crippen LogP contribution in [0.3, 0.4) is 0 Å². The fraction of sp³-hybridized carbons (Fsp3) is 0.286. The van der Waals surface area contributed by atoms with Gasteiger partial charge in [0.15, 0.2) is 0 Å². The smallest absolute Gasteiger partial charge is 0.311 e. The Balaban J connectivity index is 2.32. The van der Waals surface area contributed by atoms with Crippen molar-refractivity contribution < 1.29 is 14.4 Å². The van der Waals surface area contributed by atoms with E-state index in [4.69, 9.17) is 16.1 Å². The topological polar surface area (TPSA) is 63.3 Å². The van der Waals surface area contributed by atoms with Crippen LogP contribution >= 0.6 is 11.6 Å². The number of carboxylic acids is 1. The highest BCUT2D eigenvalue weighted by Gasteiger charge is 2.23. The number of carbonyl (C=O) groups is 1. The number of aliphatic carboxylic acids is 1. The molecule has 100 valence electrons. The minimum absolute atomic E-state index is 0.359. The summed E-state index contributed by atoms with van der Waals surface area (Å²) >= 11 is 5.82. The van der Waals surface area contributed by atoms with E-state index in [1.54, 1.807) is 31.2 Å². The molecule has 0 bridgehead atoms. The molecule has 2 rings (SSSR count). The fourth-order valence-electron chi connectivity index (χ4n) is 2.04. The molecule has 1 unspecified atom stereocenters. The molecule has 0 saturated carbocycles. The predicted octanol–water partition coefficient (Wildman–Crippen LogP) is 3.36. The Kier molecular flexibility index (Phi) is 3.90. The predicted molar refractivity (Wildman–Crippen MR) is 71.5 cm³/mol. The molecule has 0 saturated heterocycles. The van der Waals surface area contributed by atoms with Gasteiger partial charge in [-0.25, -0.2) is 0 Å². The summed E-state index contributed by atoms with van der Waals surface area (Å²) in [6.45, 7) is 3.60. The van der Waals surface area contributed by atoms with Gasteiger partial charge in [0, 0.05) is 10.6 Å². The van der Waals surface area contributed by atoms with Gasteiger partial charge in [-0.1, -0.05) is 28.9 Å². The van der Waals surface area contributed by atoms with Crippen molar-refractivity contribution in [2.75, 3.05) is 0 Å². The van der Waals surface area contributed by atoms with Gasteiger partial charge < -0.3 is 9.63 Å². The van der Waals surface area contributed by atoms with E-state index in [-0.39, 0.29) is 0 Å². The first kappa shape index (κ1) is 13.6. The van der Waals surface area contributed by atoms with Crippen molar-refractivity contribution in [1.29, 1.82) is 0 Å². The highest BCUT2D eigenvalue weighted by molar-refractivity contribution is 6.30. The molecular weight excluding hydrogens is 266 g/mol. The summed E-state index contributed by atoms with van der Waals surface area (Å²) in [5.74, 6) is -0.839. The largest absolute Gasteiger partial charge is 0.481 e. The zero-order valence-corrected chi connectivity index (χ0v) is 11.4. The van der Waals surface area contributed by atoms with Gasteiger partial charge in [-0.2, -0.15) is 0 Å². The van der Waals surface area contributed by atoms with Gasteiger partial charge in [0.25, 0.3) is 0 Å². The summed E-state index contributed by atoms with van der Waals surface area (Å²) in [5.41, 5.74) is 2.30. The van der Waals surface area contributed by atoms with E-state index in [0.29, 0.717) is 17.2 Å². The highest BCUT2D eigenvalue weighted by atomic mass is 35.5. The lowest BCUT2D eigenvalue weighted by molar-refractivity contribution is -0.138. The Labute approximate surface area is 116 Å². The first-order chi connectivity index (χ1) is 8.99. The monoisotopic (exact) mass is 279 g/mol. The number of halogens is 1. The number of hydrogen-bond donors (Lipinski definition) is 1. The second-order valence-electron chi connectivity index (χ2n) is 4.45. The normalized spacial score (nSPS) is 12.4. The van der Waals surface area contributed by atoms with Gasteiger partial charge >= 0.3 is 5.97 Å². The number of nitrogens with zero attached hydrogens (tertiary/aromatic N) is 1. The van der Waals surface area contributed by atoms with Crippen LogP contribution in [-0.2, 0) is 11.2 Å². The summed E-state index contributed by atoms with van der Waals surface area (Å²) in [7, 11) is 0. The Bertz CT molecular complexity index is 570. The number of benzene rings is 1. The lowest BCUT2D eigenvalue weighted by Crippen LogP contribution is -2.15. The van der Waals surface area contributed by atoms with Crippen LogP contribution in [0.4, 0.5) is 0 Å². The van der Waals surface area contributed by atoms with Gasteiger partial charge in [0.05, 0.1) is 11.6 Å². The standard InChI is InChI=1S/C14H14ClNO3/c1-8-12(9(2)19-16-8)7-13(14(17)18)10-3-5-11(15)6-4-10/h3-6,13H,7H2,1-2H3,(H,17,18). The Hall–Kier alpha value is -1.81. The maximum Gasteiger partial charge on any atom is 0.311 e. The van der Waals surface area contributed by atoms with Crippen molar-refractivity contribution in [2.45, 2.75) is 26.2 Å². The summed E-state index contributed by atoms with van der Waals surface area (Å²) in [5, 5.41) is 13.8. The molecule has 1 atom stereocenters. The van der Waals surface area contributed by atoms with Crippen molar-refractivity contribution in [2.24, 2.45) is 0 Å². The van der Waals surface area contributed by atoms with Gasteiger partial charge in [0.2, 0.25) is 0 Å². The van der Waals surface area contributed by atoms with Gasteiger partial charge in [-0.05, 0) is 38.0 Å². The third-order valence-corrected chi connectivity index (χ3v) is 3.41. The SMILES string of the molecule is Cc1noc(C)c1CC(C(=O)O)c1ccc(Cl)cc1. The summed E-state index contributed by atoms with van der Waals surface area (Å²) < 4.78 is 5.07. The van der Waals surface area contributed by atoms with Crippen molar-refractivity contribution in [1.82, 2.24) is 5.16 Å². The zero-order valence-electron chi connectivity index (χ0n) is 10.7. The molecule has 1 aromatic heterocycles. The average Bonchev–Trinajstić information content (AvgIpc) is 2.68. The Morgan fingerprint density at radius 3 is 2.47 bits per heavy atom. The molecule has 0 amide bonds. The lowest BCUT2D eigenvalue weighted by atomic mass is 9.91. The molecule has 1 aromatic carbocycles. The van der Waals surface area contributed by atoms with Crippen LogP contribution in [0.15, 0.2) is 28.8 Å². The van der Waals surface area contributed by atoms with Crippen LogP contribution in [0, 0.1) is 13.8 Å².